The highest BCUT2D eigenvalue weighted by molar-refractivity contribution is 6.30. The van der Waals surface area contributed by atoms with Crippen molar-refractivity contribution in [3.05, 3.63) is 64.7 Å². The Morgan fingerprint density at radius 2 is 1.85 bits per heavy atom. The van der Waals surface area contributed by atoms with Crippen LogP contribution in [0.3, 0.4) is 0 Å². The van der Waals surface area contributed by atoms with E-state index in [2.05, 4.69) is 6.92 Å². The SMILES string of the molecule is CCc1cccc(OC(C(=O)OCCCC(C)=O)c2ccc(Cl)cc2)c1. The van der Waals surface area contributed by atoms with Gasteiger partial charge in [-0.25, -0.2) is 4.79 Å². The highest BCUT2D eigenvalue weighted by Crippen LogP contribution is 2.25. The van der Waals surface area contributed by atoms with Gasteiger partial charge in [-0.3, -0.25) is 0 Å². The van der Waals surface area contributed by atoms with Gasteiger partial charge in [-0.2, -0.15) is 0 Å². The summed E-state index contributed by atoms with van der Waals surface area (Å²) < 4.78 is 11.3. The van der Waals surface area contributed by atoms with Crippen molar-refractivity contribution in [2.45, 2.75) is 39.2 Å². The summed E-state index contributed by atoms with van der Waals surface area (Å²) in [7, 11) is 0. The number of esters is 1. The molecular weight excluding hydrogens is 352 g/mol. The maximum absolute atomic E-state index is 12.6. The van der Waals surface area contributed by atoms with Crippen molar-refractivity contribution in [2.75, 3.05) is 6.61 Å². The molecule has 2 aromatic carbocycles. The molecule has 0 aliphatic rings. The Morgan fingerprint density at radius 3 is 2.50 bits per heavy atom. The Bertz CT molecular complexity index is 740. The van der Waals surface area contributed by atoms with Crippen LogP contribution in [0.4, 0.5) is 0 Å². The summed E-state index contributed by atoms with van der Waals surface area (Å²) in [6.07, 6.45) is 0.868. The lowest BCUT2D eigenvalue weighted by Gasteiger charge is -2.19. The number of Topliss-reactive ketones (excluding diaryl/α,β-unsaturated/α-hetero) is 1. The molecule has 0 heterocycles. The van der Waals surface area contributed by atoms with Gasteiger partial charge < -0.3 is 14.3 Å². The maximum Gasteiger partial charge on any atom is 0.352 e. The second-order valence-electron chi connectivity index (χ2n) is 6.02. The van der Waals surface area contributed by atoms with Crippen molar-refractivity contribution in [1.82, 2.24) is 0 Å². The maximum atomic E-state index is 12.6. The summed E-state index contributed by atoms with van der Waals surface area (Å²) in [5.41, 5.74) is 1.78. The van der Waals surface area contributed by atoms with Gasteiger partial charge in [0.1, 0.15) is 11.5 Å². The van der Waals surface area contributed by atoms with Crippen molar-refractivity contribution < 1.29 is 19.1 Å². The fraction of sp³-hybridized carbons (Fsp3) is 0.333. The molecule has 1 unspecified atom stereocenters. The average Bonchev–Trinajstić information content (AvgIpc) is 2.64. The Hall–Kier alpha value is -2.33. The van der Waals surface area contributed by atoms with Crippen LogP contribution in [-0.4, -0.2) is 18.4 Å². The summed E-state index contributed by atoms with van der Waals surface area (Å²) in [6.45, 7) is 3.75. The van der Waals surface area contributed by atoms with Crippen molar-refractivity contribution in [3.63, 3.8) is 0 Å². The molecule has 1 atom stereocenters. The molecule has 5 heteroatoms. The number of carbonyl (C=O) groups is 2. The third-order valence-corrected chi connectivity index (χ3v) is 4.12. The number of hydrogen-bond acceptors (Lipinski definition) is 4. The Labute approximate surface area is 159 Å². The predicted octanol–water partition coefficient (Wildman–Crippen LogP) is 4.93. The number of hydrogen-bond donors (Lipinski definition) is 0. The number of carbonyl (C=O) groups excluding carboxylic acids is 2. The number of rotatable bonds is 9. The van der Waals surface area contributed by atoms with E-state index in [4.69, 9.17) is 21.1 Å². The number of halogens is 1. The minimum absolute atomic E-state index is 0.0722. The first-order chi connectivity index (χ1) is 12.5. The monoisotopic (exact) mass is 374 g/mol. The lowest BCUT2D eigenvalue weighted by atomic mass is 10.1. The largest absolute Gasteiger partial charge is 0.474 e. The van der Waals surface area contributed by atoms with Crippen molar-refractivity contribution >= 4 is 23.4 Å². The lowest BCUT2D eigenvalue weighted by molar-refractivity contribution is -0.152. The molecule has 2 rings (SSSR count). The first kappa shape index (κ1) is 20.0. The Morgan fingerprint density at radius 1 is 1.12 bits per heavy atom. The molecule has 4 nitrogen and oxygen atoms in total. The van der Waals surface area contributed by atoms with Gasteiger partial charge in [-0.05, 0) is 49.6 Å². The van der Waals surface area contributed by atoms with E-state index in [0.717, 1.165) is 12.0 Å². The van der Waals surface area contributed by atoms with Crippen LogP contribution in [0, 0.1) is 0 Å². The van der Waals surface area contributed by atoms with E-state index in [0.29, 0.717) is 29.2 Å². The van der Waals surface area contributed by atoms with Gasteiger partial charge in [-0.15, -0.1) is 0 Å². The van der Waals surface area contributed by atoms with Gasteiger partial charge in [-0.1, -0.05) is 42.8 Å². The van der Waals surface area contributed by atoms with E-state index in [-0.39, 0.29) is 12.4 Å². The zero-order chi connectivity index (χ0) is 18.9. The summed E-state index contributed by atoms with van der Waals surface area (Å²) in [6, 6.07) is 14.5. The second kappa shape index (κ2) is 9.97. The quantitative estimate of drug-likeness (QED) is 0.461. The van der Waals surface area contributed by atoms with Gasteiger partial charge >= 0.3 is 5.97 Å². The van der Waals surface area contributed by atoms with Gasteiger partial charge in [0.2, 0.25) is 6.10 Å². The smallest absolute Gasteiger partial charge is 0.352 e. The first-order valence-electron chi connectivity index (χ1n) is 8.66. The molecule has 138 valence electrons. The molecule has 0 radical (unpaired) electrons. The molecule has 0 amide bonds. The lowest BCUT2D eigenvalue weighted by Crippen LogP contribution is -2.22. The van der Waals surface area contributed by atoms with E-state index in [1.165, 1.54) is 6.92 Å². The minimum Gasteiger partial charge on any atom is -0.474 e. The summed E-state index contributed by atoms with van der Waals surface area (Å²) in [5, 5.41) is 0.579. The van der Waals surface area contributed by atoms with Crippen molar-refractivity contribution in [3.8, 4) is 5.75 Å². The molecule has 0 fully saturated rings. The van der Waals surface area contributed by atoms with E-state index >= 15 is 0 Å². The predicted molar refractivity (Wildman–Crippen MR) is 102 cm³/mol. The highest BCUT2D eigenvalue weighted by Gasteiger charge is 2.24. The van der Waals surface area contributed by atoms with Crippen LogP contribution in [0.1, 0.15) is 43.9 Å². The number of ether oxygens (including phenoxy) is 2. The summed E-state index contributed by atoms with van der Waals surface area (Å²) in [5.74, 6) is 0.186. The fourth-order valence-corrected chi connectivity index (χ4v) is 2.56. The van der Waals surface area contributed by atoms with Crippen LogP contribution in [0.15, 0.2) is 48.5 Å². The molecule has 0 saturated heterocycles. The standard InChI is InChI=1S/C21H23ClO4/c1-3-16-7-4-8-19(14-16)26-20(17-9-11-18(22)12-10-17)21(24)25-13-5-6-15(2)23/h4,7-12,14,20H,3,5-6,13H2,1-2H3. The molecule has 0 aromatic heterocycles. The molecule has 0 saturated carbocycles. The number of aryl methyl sites for hydroxylation is 1. The van der Waals surface area contributed by atoms with E-state index in [1.54, 1.807) is 24.3 Å². The zero-order valence-electron chi connectivity index (χ0n) is 15.0. The minimum atomic E-state index is -0.892. The van der Waals surface area contributed by atoms with Crippen LogP contribution >= 0.6 is 11.6 Å². The average molecular weight is 375 g/mol. The third kappa shape index (κ3) is 6.19. The Balaban J connectivity index is 2.14. The fourth-order valence-electron chi connectivity index (χ4n) is 2.43. The van der Waals surface area contributed by atoms with Gasteiger partial charge in [0.05, 0.1) is 6.61 Å². The van der Waals surface area contributed by atoms with Crippen molar-refractivity contribution in [1.29, 1.82) is 0 Å². The van der Waals surface area contributed by atoms with Gasteiger partial charge in [0.15, 0.2) is 0 Å². The Kier molecular flexibility index (Phi) is 7.67. The summed E-state index contributed by atoms with van der Waals surface area (Å²) >= 11 is 5.94. The van der Waals surface area contributed by atoms with Crippen LogP contribution in [0.25, 0.3) is 0 Å². The van der Waals surface area contributed by atoms with Gasteiger partial charge in [0, 0.05) is 17.0 Å². The molecule has 0 spiro atoms. The molecule has 2 aromatic rings. The first-order valence-corrected chi connectivity index (χ1v) is 9.04. The summed E-state index contributed by atoms with van der Waals surface area (Å²) in [4.78, 5) is 23.6. The van der Waals surface area contributed by atoms with E-state index in [9.17, 15) is 9.59 Å². The van der Waals surface area contributed by atoms with Crippen LogP contribution in [0.2, 0.25) is 5.02 Å². The van der Waals surface area contributed by atoms with E-state index in [1.807, 2.05) is 24.3 Å². The highest BCUT2D eigenvalue weighted by atomic mass is 35.5. The van der Waals surface area contributed by atoms with Crippen LogP contribution in [-0.2, 0) is 20.7 Å². The van der Waals surface area contributed by atoms with Crippen LogP contribution in [0.5, 0.6) is 5.75 Å². The molecule has 0 aliphatic heterocycles. The molecule has 0 bridgehead atoms. The van der Waals surface area contributed by atoms with E-state index < -0.39 is 12.1 Å². The number of benzene rings is 2. The zero-order valence-corrected chi connectivity index (χ0v) is 15.8. The third-order valence-electron chi connectivity index (χ3n) is 3.86. The molecule has 26 heavy (non-hydrogen) atoms. The molecule has 0 aliphatic carbocycles. The molecular formula is C21H23ClO4. The van der Waals surface area contributed by atoms with Crippen molar-refractivity contribution in [2.24, 2.45) is 0 Å². The van der Waals surface area contributed by atoms with Gasteiger partial charge in [0.25, 0.3) is 0 Å². The number of ketones is 1. The normalized spacial score (nSPS) is 11.7. The van der Waals surface area contributed by atoms with Crippen LogP contribution < -0.4 is 4.74 Å². The topological polar surface area (TPSA) is 52.6 Å². The molecule has 0 N–H and O–H groups in total. The second-order valence-corrected chi connectivity index (χ2v) is 6.46.